The van der Waals surface area contributed by atoms with Gasteiger partial charge in [-0.3, -0.25) is 9.48 Å². The Morgan fingerprint density at radius 3 is 2.30 bits per heavy atom. The fourth-order valence-electron chi connectivity index (χ4n) is 2.65. The number of halogens is 2. The van der Waals surface area contributed by atoms with Crippen molar-refractivity contribution >= 4 is 34.9 Å². The Bertz CT molecular complexity index is 920. The van der Waals surface area contributed by atoms with Crippen molar-refractivity contribution in [1.29, 1.82) is 0 Å². The molecular weight excluding hydrogens is 383 g/mol. The Morgan fingerprint density at radius 2 is 1.67 bits per heavy atom. The number of amides is 1. The SMILES string of the molecule is C[C@@H](NCC(=O)Nc1cc(-c2ccc(Cl)cc2)nn1C)c1ccc(Cl)cc1. The summed E-state index contributed by atoms with van der Waals surface area (Å²) in [6.45, 7) is 2.19. The minimum atomic E-state index is -0.138. The lowest BCUT2D eigenvalue weighted by Crippen LogP contribution is -2.30. The number of nitrogens with zero attached hydrogens (tertiary/aromatic N) is 2. The van der Waals surface area contributed by atoms with Crippen LogP contribution in [-0.4, -0.2) is 22.2 Å². The van der Waals surface area contributed by atoms with Gasteiger partial charge in [-0.25, -0.2) is 0 Å². The quantitative estimate of drug-likeness (QED) is 0.628. The predicted octanol–water partition coefficient (Wildman–Crippen LogP) is 4.68. The molecule has 0 aliphatic rings. The van der Waals surface area contributed by atoms with Gasteiger partial charge in [-0.1, -0.05) is 47.5 Å². The van der Waals surface area contributed by atoms with Gasteiger partial charge in [0.15, 0.2) is 0 Å². The van der Waals surface area contributed by atoms with Crippen molar-refractivity contribution in [2.45, 2.75) is 13.0 Å². The average Bonchev–Trinajstić information content (AvgIpc) is 3.01. The Kier molecular flexibility index (Phi) is 6.16. The zero-order chi connectivity index (χ0) is 19.4. The molecule has 3 rings (SSSR count). The molecule has 27 heavy (non-hydrogen) atoms. The number of hydrogen-bond acceptors (Lipinski definition) is 3. The zero-order valence-corrected chi connectivity index (χ0v) is 16.6. The summed E-state index contributed by atoms with van der Waals surface area (Å²) >= 11 is 11.8. The standard InChI is InChI=1S/C20H20Cl2N4O/c1-13(14-3-7-16(21)8-4-14)23-12-20(27)24-19-11-18(25-26(19)2)15-5-9-17(22)10-6-15/h3-11,13,23H,12H2,1-2H3,(H,24,27)/t13-/m1/s1. The molecule has 0 aliphatic carbocycles. The smallest absolute Gasteiger partial charge is 0.239 e. The Balaban J connectivity index is 1.59. The molecule has 0 radical (unpaired) electrons. The maximum atomic E-state index is 12.3. The summed E-state index contributed by atoms with van der Waals surface area (Å²) in [5.41, 5.74) is 2.77. The van der Waals surface area contributed by atoms with Gasteiger partial charge in [0.1, 0.15) is 5.82 Å². The molecule has 2 aromatic carbocycles. The number of carbonyl (C=O) groups excluding carboxylic acids is 1. The van der Waals surface area contributed by atoms with Gasteiger partial charge < -0.3 is 10.6 Å². The molecule has 1 heterocycles. The highest BCUT2D eigenvalue weighted by Crippen LogP contribution is 2.23. The highest BCUT2D eigenvalue weighted by molar-refractivity contribution is 6.30. The molecule has 0 bridgehead atoms. The number of hydrogen-bond donors (Lipinski definition) is 2. The van der Waals surface area contributed by atoms with E-state index in [-0.39, 0.29) is 18.5 Å². The first kappa shape index (κ1) is 19.4. The van der Waals surface area contributed by atoms with E-state index in [1.807, 2.05) is 61.5 Å². The summed E-state index contributed by atoms with van der Waals surface area (Å²) in [5, 5.41) is 11.9. The largest absolute Gasteiger partial charge is 0.310 e. The predicted molar refractivity (Wildman–Crippen MR) is 110 cm³/mol. The topological polar surface area (TPSA) is 59.0 Å². The van der Waals surface area contributed by atoms with Crippen molar-refractivity contribution in [2.24, 2.45) is 7.05 Å². The van der Waals surface area contributed by atoms with Crippen molar-refractivity contribution in [2.75, 3.05) is 11.9 Å². The van der Waals surface area contributed by atoms with Crippen molar-refractivity contribution in [3.63, 3.8) is 0 Å². The van der Waals surface area contributed by atoms with E-state index in [9.17, 15) is 4.79 Å². The highest BCUT2D eigenvalue weighted by Gasteiger charge is 2.12. The third kappa shape index (κ3) is 5.10. The fraction of sp³-hybridized carbons (Fsp3) is 0.200. The van der Waals surface area contributed by atoms with Crippen molar-refractivity contribution in [3.8, 4) is 11.3 Å². The minimum Gasteiger partial charge on any atom is -0.310 e. The van der Waals surface area contributed by atoms with Gasteiger partial charge in [-0.2, -0.15) is 5.10 Å². The number of aromatic nitrogens is 2. The molecule has 5 nitrogen and oxygen atoms in total. The summed E-state index contributed by atoms with van der Waals surface area (Å²) in [7, 11) is 1.79. The van der Waals surface area contributed by atoms with Gasteiger partial charge in [0.25, 0.3) is 0 Å². The van der Waals surface area contributed by atoms with E-state index >= 15 is 0 Å². The van der Waals surface area contributed by atoms with Crippen LogP contribution in [0.15, 0.2) is 54.6 Å². The molecule has 0 fully saturated rings. The molecule has 0 unspecified atom stereocenters. The number of anilines is 1. The molecule has 0 saturated heterocycles. The zero-order valence-electron chi connectivity index (χ0n) is 15.0. The highest BCUT2D eigenvalue weighted by atomic mass is 35.5. The lowest BCUT2D eigenvalue weighted by molar-refractivity contribution is -0.115. The van der Waals surface area contributed by atoms with Gasteiger partial charge in [0.05, 0.1) is 12.2 Å². The summed E-state index contributed by atoms with van der Waals surface area (Å²) in [6, 6.07) is 16.8. The third-order valence-corrected chi connectivity index (χ3v) is 4.73. The first-order chi connectivity index (χ1) is 12.9. The van der Waals surface area contributed by atoms with Crippen LogP contribution in [0.3, 0.4) is 0 Å². The molecule has 140 valence electrons. The third-order valence-electron chi connectivity index (χ3n) is 4.23. The van der Waals surface area contributed by atoms with Crippen LogP contribution in [0.2, 0.25) is 10.0 Å². The second kappa shape index (κ2) is 8.57. The molecule has 2 N–H and O–H groups in total. The van der Waals surface area contributed by atoms with E-state index in [1.165, 1.54) is 0 Å². The minimum absolute atomic E-state index is 0.0317. The number of benzene rings is 2. The molecule has 3 aromatic rings. The Morgan fingerprint density at radius 1 is 1.07 bits per heavy atom. The Hall–Kier alpha value is -2.34. The summed E-state index contributed by atoms with van der Waals surface area (Å²) in [6.07, 6.45) is 0. The second-order valence-corrected chi connectivity index (χ2v) is 7.12. The van der Waals surface area contributed by atoms with Gasteiger partial charge in [-0.15, -0.1) is 0 Å². The van der Waals surface area contributed by atoms with E-state index in [0.717, 1.165) is 16.8 Å². The number of nitrogens with one attached hydrogen (secondary N) is 2. The van der Waals surface area contributed by atoms with Crippen LogP contribution < -0.4 is 10.6 Å². The molecule has 0 saturated carbocycles. The molecular formula is C20H20Cl2N4O. The van der Waals surface area contributed by atoms with Crippen molar-refractivity contribution in [3.05, 3.63) is 70.2 Å². The summed E-state index contributed by atoms with van der Waals surface area (Å²) in [4.78, 5) is 12.3. The van der Waals surface area contributed by atoms with Crippen LogP contribution in [0.4, 0.5) is 5.82 Å². The van der Waals surface area contributed by atoms with Gasteiger partial charge >= 0.3 is 0 Å². The maximum Gasteiger partial charge on any atom is 0.239 e. The number of rotatable bonds is 6. The average molecular weight is 403 g/mol. The normalized spacial score (nSPS) is 12.0. The molecule has 0 spiro atoms. The summed E-state index contributed by atoms with van der Waals surface area (Å²) in [5.74, 6) is 0.493. The molecule has 0 aliphatic heterocycles. The molecule has 1 atom stereocenters. The van der Waals surface area contributed by atoms with Crippen LogP contribution in [-0.2, 0) is 11.8 Å². The lowest BCUT2D eigenvalue weighted by Gasteiger charge is -2.14. The van der Waals surface area contributed by atoms with E-state index in [0.29, 0.717) is 15.9 Å². The van der Waals surface area contributed by atoms with E-state index in [2.05, 4.69) is 15.7 Å². The van der Waals surface area contributed by atoms with E-state index < -0.39 is 0 Å². The number of carbonyl (C=O) groups is 1. The van der Waals surface area contributed by atoms with E-state index in [1.54, 1.807) is 11.7 Å². The molecule has 7 heteroatoms. The number of aryl methyl sites for hydroxylation is 1. The van der Waals surface area contributed by atoms with Crippen LogP contribution in [0, 0.1) is 0 Å². The fourth-order valence-corrected chi connectivity index (χ4v) is 2.90. The maximum absolute atomic E-state index is 12.3. The van der Waals surface area contributed by atoms with Gasteiger partial charge in [0.2, 0.25) is 5.91 Å². The van der Waals surface area contributed by atoms with Crippen LogP contribution in [0.1, 0.15) is 18.5 Å². The molecule has 1 amide bonds. The lowest BCUT2D eigenvalue weighted by atomic mass is 10.1. The van der Waals surface area contributed by atoms with Crippen molar-refractivity contribution < 1.29 is 4.79 Å². The van der Waals surface area contributed by atoms with Gasteiger partial charge in [-0.05, 0) is 36.8 Å². The first-order valence-electron chi connectivity index (χ1n) is 8.51. The van der Waals surface area contributed by atoms with Crippen LogP contribution >= 0.6 is 23.2 Å². The monoisotopic (exact) mass is 402 g/mol. The Labute approximate surface area is 168 Å². The summed E-state index contributed by atoms with van der Waals surface area (Å²) < 4.78 is 1.64. The van der Waals surface area contributed by atoms with Crippen LogP contribution in [0.25, 0.3) is 11.3 Å². The van der Waals surface area contributed by atoms with Crippen LogP contribution in [0.5, 0.6) is 0 Å². The molecule has 1 aromatic heterocycles. The van der Waals surface area contributed by atoms with Crippen molar-refractivity contribution in [1.82, 2.24) is 15.1 Å². The first-order valence-corrected chi connectivity index (χ1v) is 9.26. The van der Waals surface area contributed by atoms with E-state index in [4.69, 9.17) is 23.2 Å². The second-order valence-electron chi connectivity index (χ2n) is 6.25. The van der Waals surface area contributed by atoms with Gasteiger partial charge in [0, 0.05) is 34.8 Å².